The van der Waals surface area contributed by atoms with Crippen LogP contribution in [0.3, 0.4) is 0 Å². The number of carbonyl (C=O) groups excluding carboxylic acids is 1. The maximum absolute atomic E-state index is 12.5. The normalized spacial score (nSPS) is 15.8. The van der Waals surface area contributed by atoms with Crippen molar-refractivity contribution >= 4 is 11.7 Å². The average Bonchev–Trinajstić information content (AvgIpc) is 3.08. The number of carbonyl (C=O) groups is 1. The van der Waals surface area contributed by atoms with Crippen molar-refractivity contribution in [3.63, 3.8) is 0 Å². The minimum atomic E-state index is -4.39. The fraction of sp³-hybridized carbons (Fsp3) is 0.385. The second-order valence-corrected chi connectivity index (χ2v) is 5.04. The van der Waals surface area contributed by atoms with E-state index in [-0.39, 0.29) is 11.6 Å². The summed E-state index contributed by atoms with van der Waals surface area (Å²) in [5.41, 5.74) is -0.535. The van der Waals surface area contributed by atoms with Crippen molar-refractivity contribution < 1.29 is 18.0 Å². The van der Waals surface area contributed by atoms with Gasteiger partial charge in [0.2, 0.25) is 0 Å². The van der Waals surface area contributed by atoms with Crippen molar-refractivity contribution in [1.29, 1.82) is 0 Å². The second-order valence-electron chi connectivity index (χ2n) is 5.04. The van der Waals surface area contributed by atoms with Crippen molar-refractivity contribution in [3.8, 4) is 0 Å². The third-order valence-electron chi connectivity index (χ3n) is 3.60. The molecule has 0 spiro atoms. The molecule has 0 aliphatic carbocycles. The average molecular weight is 326 g/mol. The number of rotatable bonds is 2. The summed E-state index contributed by atoms with van der Waals surface area (Å²) >= 11 is 0. The molecular formula is C13H13F3N6O. The van der Waals surface area contributed by atoms with Crippen LogP contribution in [-0.2, 0) is 6.18 Å². The number of hydrogen-bond acceptors (Lipinski definition) is 5. The summed E-state index contributed by atoms with van der Waals surface area (Å²) < 4.78 is 37.6. The van der Waals surface area contributed by atoms with Crippen molar-refractivity contribution in [2.24, 2.45) is 0 Å². The van der Waals surface area contributed by atoms with Crippen LogP contribution >= 0.6 is 0 Å². The zero-order valence-electron chi connectivity index (χ0n) is 11.9. The van der Waals surface area contributed by atoms with Crippen LogP contribution in [0.15, 0.2) is 24.5 Å². The van der Waals surface area contributed by atoms with Gasteiger partial charge in [-0.15, -0.1) is 0 Å². The lowest BCUT2D eigenvalue weighted by Gasteiger charge is -2.35. The van der Waals surface area contributed by atoms with Gasteiger partial charge in [-0.3, -0.25) is 4.79 Å². The Labute approximate surface area is 129 Å². The van der Waals surface area contributed by atoms with Gasteiger partial charge in [-0.1, -0.05) is 0 Å². The molecule has 1 aliphatic heterocycles. The molecule has 2 aromatic heterocycles. The van der Waals surface area contributed by atoms with Crippen molar-refractivity contribution in [1.82, 2.24) is 25.3 Å². The van der Waals surface area contributed by atoms with Crippen molar-refractivity contribution in [3.05, 3.63) is 35.8 Å². The number of alkyl halides is 3. The first kappa shape index (κ1) is 15.3. The number of anilines is 1. The molecule has 1 fully saturated rings. The monoisotopic (exact) mass is 326 g/mol. The van der Waals surface area contributed by atoms with Crippen LogP contribution < -0.4 is 4.90 Å². The molecule has 0 aromatic carbocycles. The summed E-state index contributed by atoms with van der Waals surface area (Å²) in [5.74, 6) is 0.241. The second kappa shape index (κ2) is 5.86. The maximum Gasteiger partial charge on any atom is 0.417 e. The molecule has 1 amide bonds. The predicted octanol–water partition coefficient (Wildman–Crippen LogP) is 1.18. The van der Waals surface area contributed by atoms with E-state index in [1.165, 1.54) is 12.3 Å². The van der Waals surface area contributed by atoms with Crippen LogP contribution in [0.4, 0.5) is 19.0 Å². The summed E-state index contributed by atoms with van der Waals surface area (Å²) in [6.45, 7) is 1.85. The Balaban J connectivity index is 1.62. The van der Waals surface area contributed by atoms with E-state index in [0.717, 1.165) is 12.3 Å². The standard InChI is InChI=1S/C13H13F3N6O/c14-13(15,16)9-1-2-11(17-7-9)21-3-5-22(6-4-21)12(23)10-8-18-20-19-10/h1-2,7-8H,3-6H2,(H,18,19,20). The van der Waals surface area contributed by atoms with E-state index < -0.39 is 11.7 Å². The number of nitrogens with one attached hydrogen (secondary N) is 1. The van der Waals surface area contributed by atoms with Gasteiger partial charge in [0, 0.05) is 32.4 Å². The number of aromatic amines is 1. The Hall–Kier alpha value is -2.65. The molecule has 122 valence electrons. The highest BCUT2D eigenvalue weighted by molar-refractivity contribution is 5.92. The number of halogens is 3. The van der Waals surface area contributed by atoms with E-state index in [0.29, 0.717) is 32.0 Å². The lowest BCUT2D eigenvalue weighted by atomic mass is 10.2. The summed E-state index contributed by atoms with van der Waals surface area (Å²) in [7, 11) is 0. The zero-order chi connectivity index (χ0) is 16.4. The van der Waals surface area contributed by atoms with E-state index in [2.05, 4.69) is 20.4 Å². The molecule has 3 heterocycles. The zero-order valence-corrected chi connectivity index (χ0v) is 11.9. The molecule has 1 saturated heterocycles. The summed E-state index contributed by atoms with van der Waals surface area (Å²) in [5, 5.41) is 9.72. The van der Waals surface area contributed by atoms with Gasteiger partial charge in [-0.05, 0) is 12.1 Å². The Morgan fingerprint density at radius 3 is 2.39 bits per heavy atom. The quantitative estimate of drug-likeness (QED) is 0.897. The van der Waals surface area contributed by atoms with Gasteiger partial charge in [-0.2, -0.15) is 28.6 Å². The lowest BCUT2D eigenvalue weighted by Crippen LogP contribution is -2.49. The van der Waals surface area contributed by atoms with Crippen LogP contribution in [-0.4, -0.2) is 57.4 Å². The van der Waals surface area contributed by atoms with Gasteiger partial charge < -0.3 is 9.80 Å². The van der Waals surface area contributed by atoms with E-state index in [4.69, 9.17) is 0 Å². The molecular weight excluding hydrogens is 313 g/mol. The molecule has 0 unspecified atom stereocenters. The number of piperazine rings is 1. The van der Waals surface area contributed by atoms with E-state index in [1.807, 2.05) is 4.90 Å². The first-order valence-corrected chi connectivity index (χ1v) is 6.88. The highest BCUT2D eigenvalue weighted by atomic mass is 19.4. The predicted molar refractivity (Wildman–Crippen MR) is 73.7 cm³/mol. The van der Waals surface area contributed by atoms with Gasteiger partial charge in [0.05, 0.1) is 11.8 Å². The highest BCUT2D eigenvalue weighted by Crippen LogP contribution is 2.29. The molecule has 1 N–H and O–H groups in total. The Morgan fingerprint density at radius 2 is 1.87 bits per heavy atom. The third kappa shape index (κ3) is 3.25. The summed E-state index contributed by atoms with van der Waals surface area (Å²) in [6, 6.07) is 2.35. The van der Waals surface area contributed by atoms with E-state index >= 15 is 0 Å². The van der Waals surface area contributed by atoms with Gasteiger partial charge >= 0.3 is 6.18 Å². The van der Waals surface area contributed by atoms with Crippen LogP contribution in [0.2, 0.25) is 0 Å². The number of nitrogens with zero attached hydrogens (tertiary/aromatic N) is 5. The fourth-order valence-electron chi connectivity index (χ4n) is 2.35. The molecule has 0 bridgehead atoms. The molecule has 23 heavy (non-hydrogen) atoms. The van der Waals surface area contributed by atoms with Gasteiger partial charge in [0.25, 0.3) is 5.91 Å². The summed E-state index contributed by atoms with van der Waals surface area (Å²) in [6.07, 6.45) is -2.22. The van der Waals surface area contributed by atoms with Gasteiger partial charge in [-0.25, -0.2) is 4.98 Å². The smallest absolute Gasteiger partial charge is 0.353 e. The molecule has 2 aromatic rings. The first-order valence-electron chi connectivity index (χ1n) is 6.88. The van der Waals surface area contributed by atoms with Gasteiger partial charge in [0.1, 0.15) is 5.82 Å². The van der Waals surface area contributed by atoms with Crippen LogP contribution in [0.5, 0.6) is 0 Å². The number of aromatic nitrogens is 4. The molecule has 1 aliphatic rings. The van der Waals surface area contributed by atoms with Crippen molar-refractivity contribution in [2.45, 2.75) is 6.18 Å². The Kier molecular flexibility index (Phi) is 3.89. The molecule has 3 rings (SSSR count). The molecule has 0 saturated carbocycles. The SMILES string of the molecule is O=C(c1cn[nH]n1)N1CCN(c2ccc(C(F)(F)F)cn2)CC1. The fourth-order valence-corrected chi connectivity index (χ4v) is 2.35. The minimum absolute atomic E-state index is 0.223. The van der Waals surface area contributed by atoms with Crippen molar-refractivity contribution in [2.75, 3.05) is 31.1 Å². The van der Waals surface area contributed by atoms with Crippen LogP contribution in [0, 0.1) is 0 Å². The number of hydrogen-bond donors (Lipinski definition) is 1. The van der Waals surface area contributed by atoms with Crippen LogP contribution in [0.25, 0.3) is 0 Å². The first-order chi connectivity index (χ1) is 10.9. The minimum Gasteiger partial charge on any atom is -0.353 e. The van der Waals surface area contributed by atoms with Crippen LogP contribution in [0.1, 0.15) is 16.1 Å². The Morgan fingerprint density at radius 1 is 1.13 bits per heavy atom. The highest BCUT2D eigenvalue weighted by Gasteiger charge is 2.31. The summed E-state index contributed by atoms with van der Waals surface area (Å²) in [4.78, 5) is 19.4. The molecule has 10 heteroatoms. The third-order valence-corrected chi connectivity index (χ3v) is 3.60. The number of pyridine rings is 1. The maximum atomic E-state index is 12.5. The topological polar surface area (TPSA) is 78.0 Å². The Bertz CT molecular complexity index is 662. The lowest BCUT2D eigenvalue weighted by molar-refractivity contribution is -0.137. The largest absolute Gasteiger partial charge is 0.417 e. The van der Waals surface area contributed by atoms with Gasteiger partial charge in [0.15, 0.2) is 5.69 Å². The van der Waals surface area contributed by atoms with E-state index in [9.17, 15) is 18.0 Å². The molecule has 7 nitrogen and oxygen atoms in total. The number of H-pyrrole nitrogens is 1. The number of amides is 1. The van der Waals surface area contributed by atoms with E-state index in [1.54, 1.807) is 4.90 Å². The molecule has 0 atom stereocenters. The molecule has 0 radical (unpaired) electrons.